The van der Waals surface area contributed by atoms with Crippen LogP contribution in [-0.4, -0.2) is 16.5 Å². The largest absolute Gasteiger partial charge is 0.453 e. The number of imidazole rings is 1. The van der Waals surface area contributed by atoms with Crippen LogP contribution in [0.4, 0.5) is 0 Å². The van der Waals surface area contributed by atoms with Gasteiger partial charge in [0.25, 0.3) is 0 Å². The Morgan fingerprint density at radius 1 is 1.20 bits per heavy atom. The molecule has 5 heteroatoms. The number of H-pyrrole nitrogens is 1. The summed E-state index contributed by atoms with van der Waals surface area (Å²) in [7, 11) is 0. The fourth-order valence-electron chi connectivity index (χ4n) is 2.16. The van der Waals surface area contributed by atoms with Gasteiger partial charge in [0.1, 0.15) is 11.6 Å². The molecule has 0 aliphatic carbocycles. The van der Waals surface area contributed by atoms with Crippen molar-refractivity contribution in [2.75, 3.05) is 6.54 Å². The van der Waals surface area contributed by atoms with E-state index >= 15 is 0 Å². The van der Waals surface area contributed by atoms with Crippen LogP contribution in [0.1, 0.15) is 18.0 Å². The zero-order valence-electron chi connectivity index (χ0n) is 11.0. The fourth-order valence-corrected chi connectivity index (χ4v) is 2.50. The van der Waals surface area contributed by atoms with Crippen molar-refractivity contribution >= 4 is 27.0 Å². The zero-order valence-corrected chi connectivity index (χ0v) is 12.6. The van der Waals surface area contributed by atoms with Gasteiger partial charge < -0.3 is 14.7 Å². The van der Waals surface area contributed by atoms with Crippen molar-refractivity contribution in [2.45, 2.75) is 19.4 Å². The van der Waals surface area contributed by atoms with Crippen molar-refractivity contribution in [3.63, 3.8) is 0 Å². The third-order valence-corrected chi connectivity index (χ3v) is 3.56. The number of furan rings is 1. The molecule has 4 nitrogen and oxygen atoms in total. The number of fused-ring (bicyclic) bond motifs is 1. The first-order valence-corrected chi connectivity index (χ1v) is 7.49. The van der Waals surface area contributed by atoms with E-state index in [2.05, 4.69) is 37.3 Å². The van der Waals surface area contributed by atoms with Gasteiger partial charge in [0.2, 0.25) is 0 Å². The summed E-state index contributed by atoms with van der Waals surface area (Å²) in [6.07, 6.45) is 1.99. The number of aromatic amines is 1. The molecule has 104 valence electrons. The van der Waals surface area contributed by atoms with E-state index in [1.54, 1.807) is 0 Å². The van der Waals surface area contributed by atoms with Crippen LogP contribution < -0.4 is 5.32 Å². The summed E-state index contributed by atoms with van der Waals surface area (Å²) in [5.41, 5.74) is 2.15. The number of aromatic nitrogens is 2. The van der Waals surface area contributed by atoms with Gasteiger partial charge in [-0.25, -0.2) is 4.98 Å². The second-order valence-corrected chi connectivity index (χ2v) is 5.47. The molecule has 0 spiro atoms. The molecule has 0 bridgehead atoms. The number of halogens is 1. The number of hydrogen-bond donors (Lipinski definition) is 2. The molecule has 0 amide bonds. The zero-order chi connectivity index (χ0) is 13.8. The Hall–Kier alpha value is -1.59. The summed E-state index contributed by atoms with van der Waals surface area (Å²) in [4.78, 5) is 7.91. The quantitative estimate of drug-likeness (QED) is 0.677. The summed E-state index contributed by atoms with van der Waals surface area (Å²) in [5.74, 6) is 1.99. The van der Waals surface area contributed by atoms with E-state index in [1.165, 1.54) is 0 Å². The average molecular weight is 334 g/mol. The smallest absolute Gasteiger partial charge is 0.169 e. The molecule has 3 aromatic rings. The molecule has 1 aromatic carbocycles. The minimum atomic E-state index is 0.756. The number of rotatable bonds is 6. The first-order valence-electron chi connectivity index (χ1n) is 6.70. The first kappa shape index (κ1) is 13.4. The predicted octanol–water partition coefficient (Wildman–Crippen LogP) is 3.64. The van der Waals surface area contributed by atoms with Gasteiger partial charge in [-0.05, 0) is 53.2 Å². The van der Waals surface area contributed by atoms with E-state index in [9.17, 15) is 0 Å². The molecule has 2 N–H and O–H groups in total. The highest BCUT2D eigenvalue weighted by molar-refractivity contribution is 9.10. The van der Waals surface area contributed by atoms with Crippen molar-refractivity contribution in [1.82, 2.24) is 15.3 Å². The fraction of sp³-hybridized carbons (Fsp3) is 0.267. The Bertz CT molecular complexity index is 656. The standard InChI is InChI=1S/C15H16BrN3O/c16-14-8-7-11(20-14)10-17-9-3-6-15-18-12-4-1-2-5-13(12)19-15/h1-2,4-5,7-8,17H,3,6,9-10H2,(H,18,19). The van der Waals surface area contributed by atoms with Gasteiger partial charge in [-0.2, -0.15) is 0 Å². The maximum absolute atomic E-state index is 5.42. The Labute approximate surface area is 125 Å². The molecular weight excluding hydrogens is 318 g/mol. The highest BCUT2D eigenvalue weighted by Gasteiger charge is 2.02. The van der Waals surface area contributed by atoms with Gasteiger partial charge in [-0.3, -0.25) is 0 Å². The molecule has 3 rings (SSSR count). The second-order valence-electron chi connectivity index (χ2n) is 4.69. The Balaban J connectivity index is 1.43. The van der Waals surface area contributed by atoms with Crippen LogP contribution in [-0.2, 0) is 13.0 Å². The van der Waals surface area contributed by atoms with Crippen molar-refractivity contribution in [1.29, 1.82) is 0 Å². The molecule has 0 atom stereocenters. The molecular formula is C15H16BrN3O. The molecule has 2 heterocycles. The lowest BCUT2D eigenvalue weighted by molar-refractivity contribution is 0.464. The van der Waals surface area contributed by atoms with E-state index in [1.807, 2.05) is 30.3 Å². The van der Waals surface area contributed by atoms with E-state index in [0.29, 0.717) is 0 Å². The topological polar surface area (TPSA) is 53.9 Å². The highest BCUT2D eigenvalue weighted by atomic mass is 79.9. The van der Waals surface area contributed by atoms with E-state index in [0.717, 1.165) is 53.2 Å². The van der Waals surface area contributed by atoms with Crippen LogP contribution in [0.5, 0.6) is 0 Å². The minimum Gasteiger partial charge on any atom is -0.453 e. The number of aryl methyl sites for hydroxylation is 1. The van der Waals surface area contributed by atoms with Crippen LogP contribution in [0.3, 0.4) is 0 Å². The lowest BCUT2D eigenvalue weighted by Crippen LogP contribution is -2.15. The molecule has 0 saturated carbocycles. The molecule has 20 heavy (non-hydrogen) atoms. The summed E-state index contributed by atoms with van der Waals surface area (Å²) in [5, 5.41) is 3.36. The van der Waals surface area contributed by atoms with Gasteiger partial charge in [-0.1, -0.05) is 12.1 Å². The van der Waals surface area contributed by atoms with Crippen molar-refractivity contribution in [3.05, 3.63) is 52.7 Å². The molecule has 0 unspecified atom stereocenters. The van der Waals surface area contributed by atoms with Crippen LogP contribution in [0.25, 0.3) is 11.0 Å². The molecule has 0 aliphatic rings. The van der Waals surface area contributed by atoms with Crippen LogP contribution in [0.2, 0.25) is 0 Å². The van der Waals surface area contributed by atoms with Crippen molar-refractivity contribution in [3.8, 4) is 0 Å². The molecule has 0 aliphatic heterocycles. The third-order valence-electron chi connectivity index (χ3n) is 3.13. The predicted molar refractivity (Wildman–Crippen MR) is 82.5 cm³/mol. The minimum absolute atomic E-state index is 0.756. The summed E-state index contributed by atoms with van der Waals surface area (Å²) < 4.78 is 6.20. The second kappa shape index (κ2) is 6.24. The monoisotopic (exact) mass is 333 g/mol. The molecule has 0 radical (unpaired) electrons. The van der Waals surface area contributed by atoms with Gasteiger partial charge in [-0.15, -0.1) is 0 Å². The molecule has 0 fully saturated rings. The van der Waals surface area contributed by atoms with Crippen LogP contribution >= 0.6 is 15.9 Å². The number of benzene rings is 1. The van der Waals surface area contributed by atoms with E-state index in [4.69, 9.17) is 4.42 Å². The highest BCUT2D eigenvalue weighted by Crippen LogP contribution is 2.14. The summed E-state index contributed by atoms with van der Waals surface area (Å²) in [6.45, 7) is 1.70. The number of nitrogens with zero attached hydrogens (tertiary/aromatic N) is 1. The van der Waals surface area contributed by atoms with Crippen molar-refractivity contribution < 1.29 is 4.42 Å². The normalized spacial score (nSPS) is 11.2. The Morgan fingerprint density at radius 2 is 2.10 bits per heavy atom. The van der Waals surface area contributed by atoms with Crippen molar-refractivity contribution in [2.24, 2.45) is 0 Å². The average Bonchev–Trinajstić information content (AvgIpc) is 3.04. The van der Waals surface area contributed by atoms with Gasteiger partial charge in [0, 0.05) is 6.42 Å². The maximum Gasteiger partial charge on any atom is 0.169 e. The summed E-state index contributed by atoms with van der Waals surface area (Å²) >= 11 is 3.30. The lowest BCUT2D eigenvalue weighted by atomic mass is 10.3. The van der Waals surface area contributed by atoms with E-state index in [-0.39, 0.29) is 0 Å². The number of hydrogen-bond acceptors (Lipinski definition) is 3. The Morgan fingerprint density at radius 3 is 2.90 bits per heavy atom. The molecule has 2 aromatic heterocycles. The third kappa shape index (κ3) is 3.29. The number of nitrogens with one attached hydrogen (secondary N) is 2. The first-order chi connectivity index (χ1) is 9.81. The van der Waals surface area contributed by atoms with Gasteiger partial charge in [0.15, 0.2) is 4.67 Å². The maximum atomic E-state index is 5.42. The van der Waals surface area contributed by atoms with E-state index < -0.39 is 0 Å². The molecule has 0 saturated heterocycles. The number of para-hydroxylation sites is 2. The lowest BCUT2D eigenvalue weighted by Gasteiger charge is -2.01. The summed E-state index contributed by atoms with van der Waals surface area (Å²) in [6, 6.07) is 12.0. The van der Waals surface area contributed by atoms with Gasteiger partial charge in [0.05, 0.1) is 17.6 Å². The SMILES string of the molecule is Brc1ccc(CNCCCc2nc3ccccc3[nH]2)o1. The Kier molecular flexibility index (Phi) is 4.18. The van der Waals surface area contributed by atoms with Crippen LogP contribution in [0, 0.1) is 0 Å². The van der Waals surface area contributed by atoms with Gasteiger partial charge >= 0.3 is 0 Å². The van der Waals surface area contributed by atoms with Crippen LogP contribution in [0.15, 0.2) is 45.5 Å².